The summed E-state index contributed by atoms with van der Waals surface area (Å²) in [6.45, 7) is 3.98. The highest BCUT2D eigenvalue weighted by atomic mass is 35.5. The lowest BCUT2D eigenvalue weighted by molar-refractivity contribution is -0.115. The summed E-state index contributed by atoms with van der Waals surface area (Å²) < 4.78 is 1.88. The molecule has 0 aliphatic carbocycles. The molecule has 1 aromatic carbocycles. The van der Waals surface area contributed by atoms with E-state index in [2.05, 4.69) is 20.3 Å². The first-order valence-corrected chi connectivity index (χ1v) is 10.4. The van der Waals surface area contributed by atoms with Crippen molar-refractivity contribution in [3.63, 3.8) is 0 Å². The molecule has 162 valence electrons. The molecule has 3 N–H and O–H groups in total. The lowest BCUT2D eigenvalue weighted by Gasteiger charge is -2.07. The number of anilines is 2. The monoisotopic (exact) mass is 448 g/mol. The third kappa shape index (κ3) is 4.45. The van der Waals surface area contributed by atoms with E-state index in [1.54, 1.807) is 42.7 Å². The van der Waals surface area contributed by atoms with Crippen LogP contribution in [0.15, 0.2) is 55.1 Å². The number of fused-ring (bicyclic) bond motifs is 1. The molecule has 0 radical (unpaired) electrons. The average molecular weight is 449 g/mol. The molecule has 0 aliphatic heterocycles. The minimum Gasteiger partial charge on any atom is -0.368 e. The SMILES string of the molecule is CC(C)n1cc(C(=O)c2cncc(NC(=O)Cc3ccc(Cl)cc3)c2)c2cnc(N)nc21. The Balaban J connectivity index is 1.59. The zero-order chi connectivity index (χ0) is 22.8. The highest BCUT2D eigenvalue weighted by molar-refractivity contribution is 6.30. The number of nitrogen functional groups attached to an aromatic ring is 1. The number of hydrogen-bond acceptors (Lipinski definition) is 6. The van der Waals surface area contributed by atoms with Gasteiger partial charge in [0.05, 0.1) is 23.9 Å². The first kappa shape index (κ1) is 21.5. The molecular weight excluding hydrogens is 428 g/mol. The van der Waals surface area contributed by atoms with Crippen LogP contribution < -0.4 is 11.1 Å². The van der Waals surface area contributed by atoms with Crippen LogP contribution in [0.1, 0.15) is 41.4 Å². The molecule has 1 amide bonds. The zero-order valence-corrected chi connectivity index (χ0v) is 18.3. The number of carbonyl (C=O) groups is 2. The molecule has 32 heavy (non-hydrogen) atoms. The van der Waals surface area contributed by atoms with Crippen LogP contribution in [0.4, 0.5) is 11.6 Å². The van der Waals surface area contributed by atoms with E-state index in [4.69, 9.17) is 17.3 Å². The Kier molecular flexibility index (Phi) is 5.87. The predicted octanol–water partition coefficient (Wildman–Crippen LogP) is 4.06. The van der Waals surface area contributed by atoms with Crippen molar-refractivity contribution in [2.75, 3.05) is 11.1 Å². The van der Waals surface area contributed by atoms with Crippen LogP contribution >= 0.6 is 11.6 Å². The molecule has 3 heterocycles. The smallest absolute Gasteiger partial charge is 0.228 e. The van der Waals surface area contributed by atoms with Gasteiger partial charge in [-0.3, -0.25) is 14.6 Å². The van der Waals surface area contributed by atoms with Crippen molar-refractivity contribution in [1.29, 1.82) is 0 Å². The number of carbonyl (C=O) groups excluding carboxylic acids is 2. The maximum absolute atomic E-state index is 13.3. The van der Waals surface area contributed by atoms with Gasteiger partial charge in [0.25, 0.3) is 0 Å². The average Bonchev–Trinajstić information content (AvgIpc) is 3.14. The highest BCUT2D eigenvalue weighted by Crippen LogP contribution is 2.26. The number of pyridine rings is 1. The summed E-state index contributed by atoms with van der Waals surface area (Å²) in [6, 6.07) is 8.72. The van der Waals surface area contributed by atoms with Crippen molar-refractivity contribution < 1.29 is 9.59 Å². The summed E-state index contributed by atoms with van der Waals surface area (Å²) in [6.07, 6.45) is 6.44. The summed E-state index contributed by atoms with van der Waals surface area (Å²) in [5.74, 6) is -0.327. The van der Waals surface area contributed by atoms with Crippen molar-refractivity contribution in [2.24, 2.45) is 0 Å². The fourth-order valence-corrected chi connectivity index (χ4v) is 3.52. The topological polar surface area (TPSA) is 116 Å². The van der Waals surface area contributed by atoms with Crippen LogP contribution in [-0.2, 0) is 11.2 Å². The minimum atomic E-state index is -0.246. The number of hydrogen-bond donors (Lipinski definition) is 2. The Bertz CT molecular complexity index is 1310. The minimum absolute atomic E-state index is 0.0740. The molecule has 9 heteroatoms. The molecule has 4 aromatic rings. The third-order valence-electron chi connectivity index (χ3n) is 4.95. The molecule has 0 bridgehead atoms. The summed E-state index contributed by atoms with van der Waals surface area (Å²) in [4.78, 5) is 38.2. The maximum Gasteiger partial charge on any atom is 0.228 e. The van der Waals surface area contributed by atoms with Crippen molar-refractivity contribution in [3.05, 3.63) is 76.8 Å². The van der Waals surface area contributed by atoms with Gasteiger partial charge in [-0.05, 0) is 37.6 Å². The van der Waals surface area contributed by atoms with Crippen LogP contribution in [0.2, 0.25) is 5.02 Å². The third-order valence-corrected chi connectivity index (χ3v) is 5.21. The molecule has 3 aromatic heterocycles. The molecule has 0 aliphatic rings. The molecule has 0 unspecified atom stereocenters. The number of halogens is 1. The van der Waals surface area contributed by atoms with E-state index >= 15 is 0 Å². The van der Waals surface area contributed by atoms with E-state index in [0.29, 0.717) is 32.9 Å². The van der Waals surface area contributed by atoms with Gasteiger partial charge in [0.15, 0.2) is 5.78 Å². The summed E-state index contributed by atoms with van der Waals surface area (Å²) in [5.41, 5.74) is 8.38. The molecule has 4 rings (SSSR count). The summed E-state index contributed by atoms with van der Waals surface area (Å²) in [5, 5.41) is 4.00. The van der Waals surface area contributed by atoms with E-state index in [9.17, 15) is 9.59 Å². The van der Waals surface area contributed by atoms with E-state index in [-0.39, 0.29) is 30.1 Å². The normalized spacial score (nSPS) is 11.1. The van der Waals surface area contributed by atoms with Gasteiger partial charge in [-0.15, -0.1) is 0 Å². The molecule has 0 fully saturated rings. The van der Waals surface area contributed by atoms with Gasteiger partial charge in [-0.25, -0.2) is 4.98 Å². The van der Waals surface area contributed by atoms with Gasteiger partial charge >= 0.3 is 0 Å². The Morgan fingerprint density at radius 1 is 1.16 bits per heavy atom. The Labute approximate surface area is 189 Å². The fraction of sp³-hybridized carbons (Fsp3) is 0.174. The number of rotatable bonds is 6. The fourth-order valence-electron chi connectivity index (χ4n) is 3.40. The maximum atomic E-state index is 13.3. The quantitative estimate of drug-likeness (QED) is 0.430. The number of nitrogens with two attached hydrogens (primary N) is 1. The van der Waals surface area contributed by atoms with Gasteiger partial charge in [-0.2, -0.15) is 4.98 Å². The Morgan fingerprint density at radius 3 is 2.62 bits per heavy atom. The zero-order valence-electron chi connectivity index (χ0n) is 17.5. The second-order valence-corrected chi connectivity index (χ2v) is 8.09. The van der Waals surface area contributed by atoms with Gasteiger partial charge < -0.3 is 15.6 Å². The summed E-state index contributed by atoms with van der Waals surface area (Å²) >= 11 is 5.88. The lowest BCUT2D eigenvalue weighted by atomic mass is 10.1. The number of ketones is 1. The first-order valence-electron chi connectivity index (χ1n) is 9.99. The summed E-state index contributed by atoms with van der Waals surface area (Å²) in [7, 11) is 0. The van der Waals surface area contributed by atoms with Crippen molar-refractivity contribution in [2.45, 2.75) is 26.3 Å². The van der Waals surface area contributed by atoms with E-state index in [0.717, 1.165) is 5.56 Å². The van der Waals surface area contributed by atoms with Gasteiger partial charge in [-0.1, -0.05) is 23.7 Å². The molecule has 0 atom stereocenters. The van der Waals surface area contributed by atoms with E-state index in [1.807, 2.05) is 18.4 Å². The number of aromatic nitrogens is 4. The number of benzene rings is 1. The van der Waals surface area contributed by atoms with Crippen LogP contribution in [0.25, 0.3) is 11.0 Å². The molecule has 0 saturated heterocycles. The van der Waals surface area contributed by atoms with Crippen LogP contribution in [0.5, 0.6) is 0 Å². The van der Waals surface area contributed by atoms with Crippen LogP contribution in [0, 0.1) is 0 Å². The highest BCUT2D eigenvalue weighted by Gasteiger charge is 2.20. The van der Waals surface area contributed by atoms with Gasteiger partial charge in [0.2, 0.25) is 11.9 Å². The van der Waals surface area contributed by atoms with Crippen molar-refractivity contribution in [3.8, 4) is 0 Å². The Hall–Kier alpha value is -3.78. The molecule has 0 saturated carbocycles. The Morgan fingerprint density at radius 2 is 1.91 bits per heavy atom. The molecular formula is C23H21ClN6O2. The van der Waals surface area contributed by atoms with E-state index in [1.165, 1.54) is 12.4 Å². The predicted molar refractivity (Wildman–Crippen MR) is 124 cm³/mol. The number of amides is 1. The van der Waals surface area contributed by atoms with Crippen LogP contribution in [-0.4, -0.2) is 31.2 Å². The number of nitrogens with one attached hydrogen (secondary N) is 1. The molecule has 0 spiro atoms. The lowest BCUT2D eigenvalue weighted by Crippen LogP contribution is -2.15. The second-order valence-electron chi connectivity index (χ2n) is 7.65. The van der Waals surface area contributed by atoms with Gasteiger partial charge in [0.1, 0.15) is 5.65 Å². The van der Waals surface area contributed by atoms with E-state index < -0.39 is 0 Å². The van der Waals surface area contributed by atoms with Crippen LogP contribution in [0.3, 0.4) is 0 Å². The van der Waals surface area contributed by atoms with Gasteiger partial charge in [0, 0.05) is 40.6 Å². The van der Waals surface area contributed by atoms with Crippen molar-refractivity contribution >= 4 is 46.0 Å². The second kappa shape index (κ2) is 8.76. The standard InChI is InChI=1S/C23H21ClN6O2/c1-13(2)30-12-19(18-11-27-23(25)29-22(18)30)21(32)15-8-17(10-26-9-15)28-20(31)7-14-3-5-16(24)6-4-14/h3-6,8-13H,7H2,1-2H3,(H,28,31)(H2,25,27,29). The number of nitrogens with zero attached hydrogens (tertiary/aromatic N) is 4. The molecule has 8 nitrogen and oxygen atoms in total. The largest absolute Gasteiger partial charge is 0.368 e. The van der Waals surface area contributed by atoms with Crippen molar-refractivity contribution in [1.82, 2.24) is 19.5 Å². The first-order chi connectivity index (χ1) is 15.3.